The molecule has 4 N–H and O–H groups in total. The zero-order valence-electron chi connectivity index (χ0n) is 15.4. The predicted molar refractivity (Wildman–Crippen MR) is 109 cm³/mol. The van der Waals surface area contributed by atoms with Crippen molar-refractivity contribution in [2.75, 3.05) is 11.9 Å². The molecule has 0 saturated carbocycles. The smallest absolute Gasteiger partial charge is 0.265 e. The molecule has 1 aliphatic rings. The maximum atomic E-state index is 12.3. The minimum Gasteiger partial charge on any atom is -0.362 e. The molecule has 6 nitrogen and oxygen atoms in total. The zero-order chi connectivity index (χ0) is 18.9. The third-order valence-electron chi connectivity index (χ3n) is 4.53. The van der Waals surface area contributed by atoms with Crippen LogP contribution in [0.25, 0.3) is 10.4 Å². The molecule has 0 atom stereocenters. The van der Waals surface area contributed by atoms with E-state index in [0.717, 1.165) is 34.8 Å². The van der Waals surface area contributed by atoms with Gasteiger partial charge in [-0.1, -0.05) is 30.3 Å². The summed E-state index contributed by atoms with van der Waals surface area (Å²) in [4.78, 5) is 14.1. The van der Waals surface area contributed by atoms with Crippen molar-refractivity contribution in [2.24, 2.45) is 0 Å². The van der Waals surface area contributed by atoms with Crippen molar-refractivity contribution in [1.29, 1.82) is 0 Å². The van der Waals surface area contributed by atoms with Crippen LogP contribution in [0.2, 0.25) is 0 Å². The third-order valence-corrected chi connectivity index (χ3v) is 5.70. The molecule has 2 aromatic heterocycles. The summed E-state index contributed by atoms with van der Waals surface area (Å²) in [5, 5.41) is 17.1. The Labute approximate surface area is 162 Å². The van der Waals surface area contributed by atoms with Crippen molar-refractivity contribution >= 4 is 22.9 Å². The number of benzene rings is 1. The first-order chi connectivity index (χ1) is 13.0. The van der Waals surface area contributed by atoms with Gasteiger partial charge in [0.1, 0.15) is 10.5 Å². The van der Waals surface area contributed by atoms with Gasteiger partial charge in [-0.25, -0.2) is 0 Å². The molecule has 7 heteroatoms. The summed E-state index contributed by atoms with van der Waals surface area (Å²) in [6.07, 6.45) is 2.81. The van der Waals surface area contributed by atoms with E-state index in [1.165, 1.54) is 16.9 Å². The molecular formula is C20H23N5OS. The van der Waals surface area contributed by atoms with Crippen LogP contribution in [0, 0.1) is 0 Å². The first kappa shape index (κ1) is 17.8. The highest BCUT2D eigenvalue weighted by molar-refractivity contribution is 7.18. The predicted octanol–water partition coefficient (Wildman–Crippen LogP) is 3.36. The third kappa shape index (κ3) is 3.89. The number of hydrogen-bond donors (Lipinski definition) is 4. The number of H-pyrrole nitrogens is 1. The van der Waals surface area contributed by atoms with E-state index >= 15 is 0 Å². The van der Waals surface area contributed by atoms with Gasteiger partial charge in [-0.15, -0.1) is 11.3 Å². The molecule has 0 saturated heterocycles. The van der Waals surface area contributed by atoms with E-state index in [4.69, 9.17) is 0 Å². The molecule has 1 amide bonds. The number of nitrogens with zero attached hydrogens (tertiary/aromatic N) is 1. The SMILES string of the molecule is CC1(C)NC(=O)c2sc(-c3cn[nH]c3CNCCc3ccccc3)cc2N1. The van der Waals surface area contributed by atoms with Crippen LogP contribution in [0.5, 0.6) is 0 Å². The first-order valence-corrected chi connectivity index (χ1v) is 9.85. The fraction of sp³-hybridized carbons (Fsp3) is 0.300. The maximum absolute atomic E-state index is 12.3. The van der Waals surface area contributed by atoms with Gasteiger partial charge < -0.3 is 16.0 Å². The van der Waals surface area contributed by atoms with E-state index in [2.05, 4.69) is 50.4 Å². The van der Waals surface area contributed by atoms with Crippen LogP contribution in [-0.4, -0.2) is 28.3 Å². The van der Waals surface area contributed by atoms with Crippen molar-refractivity contribution in [2.45, 2.75) is 32.5 Å². The van der Waals surface area contributed by atoms with Crippen LogP contribution < -0.4 is 16.0 Å². The molecule has 4 rings (SSSR count). The largest absolute Gasteiger partial charge is 0.362 e. The summed E-state index contributed by atoms with van der Waals surface area (Å²) < 4.78 is 0. The Kier molecular flexibility index (Phi) is 4.72. The average Bonchev–Trinajstić information content (AvgIpc) is 3.25. The van der Waals surface area contributed by atoms with Gasteiger partial charge in [0.25, 0.3) is 5.91 Å². The van der Waals surface area contributed by atoms with Crippen LogP contribution in [0.1, 0.15) is 34.8 Å². The molecule has 140 valence electrons. The number of aromatic amines is 1. The number of rotatable bonds is 6. The van der Waals surface area contributed by atoms with Crippen LogP contribution in [-0.2, 0) is 13.0 Å². The van der Waals surface area contributed by atoms with Gasteiger partial charge in [0, 0.05) is 17.0 Å². The van der Waals surface area contributed by atoms with Gasteiger partial charge in [0.15, 0.2) is 0 Å². The first-order valence-electron chi connectivity index (χ1n) is 9.04. The Bertz CT molecular complexity index is 944. The molecule has 3 aromatic rings. The Hall–Kier alpha value is -2.64. The van der Waals surface area contributed by atoms with E-state index in [0.29, 0.717) is 11.4 Å². The molecule has 3 heterocycles. The van der Waals surface area contributed by atoms with Gasteiger partial charge in [0.2, 0.25) is 0 Å². The number of thiophene rings is 1. The molecule has 0 bridgehead atoms. The number of carbonyl (C=O) groups is 1. The van der Waals surface area contributed by atoms with Gasteiger partial charge in [0.05, 0.1) is 17.6 Å². The monoisotopic (exact) mass is 381 g/mol. The molecule has 0 aliphatic carbocycles. The van der Waals surface area contributed by atoms with Crippen molar-refractivity contribution in [3.8, 4) is 10.4 Å². The van der Waals surface area contributed by atoms with Gasteiger partial charge in [-0.2, -0.15) is 5.10 Å². The van der Waals surface area contributed by atoms with Crippen molar-refractivity contribution < 1.29 is 4.79 Å². The molecule has 1 aliphatic heterocycles. The second-order valence-electron chi connectivity index (χ2n) is 7.23. The summed E-state index contributed by atoms with van der Waals surface area (Å²) in [5.74, 6) is -0.0315. The summed E-state index contributed by atoms with van der Waals surface area (Å²) in [5.41, 5.74) is 3.82. The molecule has 0 unspecified atom stereocenters. The van der Waals surface area contributed by atoms with E-state index < -0.39 is 5.66 Å². The second kappa shape index (κ2) is 7.17. The van der Waals surface area contributed by atoms with Crippen molar-refractivity contribution in [3.63, 3.8) is 0 Å². The lowest BCUT2D eigenvalue weighted by atomic mass is 10.1. The Morgan fingerprint density at radius 2 is 2.00 bits per heavy atom. The molecule has 0 radical (unpaired) electrons. The van der Waals surface area contributed by atoms with Crippen LogP contribution in [0.4, 0.5) is 5.69 Å². The number of hydrogen-bond acceptors (Lipinski definition) is 5. The number of anilines is 1. The molecule has 27 heavy (non-hydrogen) atoms. The number of nitrogens with one attached hydrogen (secondary N) is 4. The van der Waals surface area contributed by atoms with E-state index in [1.54, 1.807) is 0 Å². The van der Waals surface area contributed by atoms with Crippen LogP contribution in [0.15, 0.2) is 42.6 Å². The highest BCUT2D eigenvalue weighted by atomic mass is 32.1. The second-order valence-corrected chi connectivity index (χ2v) is 8.28. The Balaban J connectivity index is 1.44. The molecule has 1 aromatic carbocycles. The fourth-order valence-electron chi connectivity index (χ4n) is 3.24. The van der Waals surface area contributed by atoms with Gasteiger partial charge in [-0.3, -0.25) is 9.89 Å². The summed E-state index contributed by atoms with van der Waals surface area (Å²) in [6, 6.07) is 12.5. The topological polar surface area (TPSA) is 81.8 Å². The lowest BCUT2D eigenvalue weighted by molar-refractivity contribution is 0.0919. The standard InChI is InChI=1S/C20H23N5OS/c1-20(2)23-15-10-17(27-18(15)19(26)24-20)14-11-22-25-16(14)12-21-9-8-13-6-4-3-5-7-13/h3-7,10-11,21,23H,8-9,12H2,1-2H3,(H,22,25)(H,24,26). The quantitative estimate of drug-likeness (QED) is 0.494. The van der Waals surface area contributed by atoms with Crippen LogP contribution in [0.3, 0.4) is 0 Å². The number of carbonyl (C=O) groups excluding carboxylic acids is 1. The van der Waals surface area contributed by atoms with Crippen molar-refractivity contribution in [1.82, 2.24) is 20.8 Å². The zero-order valence-corrected chi connectivity index (χ0v) is 16.2. The molecule has 0 spiro atoms. The number of aromatic nitrogens is 2. The maximum Gasteiger partial charge on any atom is 0.265 e. The summed E-state index contributed by atoms with van der Waals surface area (Å²) in [6.45, 7) is 5.49. The van der Waals surface area contributed by atoms with Crippen molar-refractivity contribution in [3.05, 3.63) is 58.7 Å². The number of amides is 1. The van der Waals surface area contributed by atoms with E-state index in [9.17, 15) is 4.79 Å². The van der Waals surface area contributed by atoms with Gasteiger partial charge >= 0.3 is 0 Å². The minimum absolute atomic E-state index is 0.0315. The normalized spacial score (nSPS) is 15.1. The average molecular weight is 382 g/mol. The highest BCUT2D eigenvalue weighted by Gasteiger charge is 2.31. The van der Waals surface area contributed by atoms with E-state index in [-0.39, 0.29) is 5.91 Å². The lowest BCUT2D eigenvalue weighted by Crippen LogP contribution is -2.52. The highest BCUT2D eigenvalue weighted by Crippen LogP contribution is 2.38. The lowest BCUT2D eigenvalue weighted by Gasteiger charge is -2.32. The van der Waals surface area contributed by atoms with Crippen LogP contribution >= 0.6 is 11.3 Å². The fourth-order valence-corrected chi connectivity index (χ4v) is 4.29. The minimum atomic E-state index is -0.444. The number of fused-ring (bicyclic) bond motifs is 1. The molecular weight excluding hydrogens is 358 g/mol. The van der Waals surface area contributed by atoms with Gasteiger partial charge in [-0.05, 0) is 38.4 Å². The summed E-state index contributed by atoms with van der Waals surface area (Å²) >= 11 is 1.49. The molecule has 0 fully saturated rings. The summed E-state index contributed by atoms with van der Waals surface area (Å²) in [7, 11) is 0. The Morgan fingerprint density at radius 3 is 2.81 bits per heavy atom. The Morgan fingerprint density at radius 1 is 1.19 bits per heavy atom. The van der Waals surface area contributed by atoms with E-state index in [1.807, 2.05) is 32.2 Å².